The molecule has 12 heterocycles. The molecule has 32 heteroatoms. The topological polar surface area (TPSA) is 290 Å². The summed E-state index contributed by atoms with van der Waals surface area (Å²) in [6, 6.07) is 51.7. The maximum Gasteiger partial charge on any atom is 0.256 e. The summed E-state index contributed by atoms with van der Waals surface area (Å²) in [5.41, 5.74) is 9.75. The van der Waals surface area contributed by atoms with Crippen molar-refractivity contribution in [3.05, 3.63) is 305 Å². The number of nitrogens with one attached hydrogen (secondary N) is 7. The number of amides is 8. The molecule has 8 aromatic carbocycles. The molecule has 0 radical (unpaired) electrons. The molecule has 0 spiro atoms. The molecule has 7 N–H and O–H groups in total. The molecule has 0 bridgehead atoms. The Balaban J connectivity index is 0.000000127. The number of likely N-dealkylation sites (N-methyl/N-ethyl adjacent to an activating group) is 4. The van der Waals surface area contributed by atoms with Crippen molar-refractivity contribution < 1.29 is 73.6 Å². The number of hydrogen-bond acceptors (Lipinski definition) is 16. The molecule has 4 aromatic heterocycles. The van der Waals surface area contributed by atoms with Gasteiger partial charge >= 0.3 is 0 Å². The molecule has 12 aromatic rings. The van der Waals surface area contributed by atoms with Crippen LogP contribution in [0.5, 0.6) is 0 Å². The Bertz CT molecular complexity index is 6890. The average Bonchev–Trinajstić information content (AvgIpc) is 1.68. The van der Waals surface area contributed by atoms with Crippen molar-refractivity contribution in [2.45, 2.75) is 70.0 Å². The highest BCUT2D eigenvalue weighted by Gasteiger charge is 2.34. The van der Waals surface area contributed by atoms with Gasteiger partial charge in [0.25, 0.3) is 47.3 Å². The van der Waals surface area contributed by atoms with Gasteiger partial charge in [0.1, 0.15) is 69.4 Å². The first-order chi connectivity index (χ1) is 66.1. The van der Waals surface area contributed by atoms with Crippen LogP contribution in [0.25, 0.3) is 91.9 Å². The van der Waals surface area contributed by atoms with Crippen LogP contribution in [0, 0.1) is 23.3 Å². The first-order valence-corrected chi connectivity index (χ1v) is 46.5. The van der Waals surface area contributed by atoms with E-state index < -0.39 is 23.3 Å². The van der Waals surface area contributed by atoms with Gasteiger partial charge in [-0.2, -0.15) is 0 Å². The van der Waals surface area contributed by atoms with Crippen molar-refractivity contribution in [3.63, 3.8) is 0 Å². The van der Waals surface area contributed by atoms with Crippen LogP contribution in [0.15, 0.2) is 212 Å². The van der Waals surface area contributed by atoms with E-state index in [4.69, 9.17) is 64.1 Å². The zero-order valence-corrected chi connectivity index (χ0v) is 77.9. The fraction of sp³-hybridized carbons (Fsp3) is 0.238. The minimum atomic E-state index is -0.423. The molecular weight excluding hydrogens is 1840 g/mol. The van der Waals surface area contributed by atoms with E-state index in [1.165, 1.54) is 85.6 Å². The Hall–Kier alpha value is -13.7. The normalized spacial score (nSPS) is 18.4. The highest BCUT2D eigenvalue weighted by molar-refractivity contribution is 6.39. The van der Waals surface area contributed by atoms with E-state index in [0.29, 0.717) is 197 Å². The number of anilines is 4. The number of carbonyl (C=O) groups excluding carboxylic acids is 8. The van der Waals surface area contributed by atoms with Gasteiger partial charge in [-0.3, -0.25) is 43.3 Å². The predicted molar refractivity (Wildman–Crippen MR) is 525 cm³/mol. The molecule has 4 saturated heterocycles. The van der Waals surface area contributed by atoms with Crippen molar-refractivity contribution >= 4 is 163 Å². The Labute approximate surface area is 806 Å². The number of piperidine rings is 1. The highest BCUT2D eigenvalue weighted by Crippen LogP contribution is 2.42. The molecule has 3 unspecified atom stereocenters. The maximum atomic E-state index is 13.7. The summed E-state index contributed by atoms with van der Waals surface area (Å²) in [6.45, 7) is 11.9. The monoisotopic (exact) mass is 1930 g/mol. The second-order valence-corrected chi connectivity index (χ2v) is 36.2. The van der Waals surface area contributed by atoms with Crippen molar-refractivity contribution in [2.75, 3.05) is 114 Å². The number of hydrogen-bond donors (Lipinski definition) is 7. The third-order valence-electron chi connectivity index (χ3n) is 25.2. The van der Waals surface area contributed by atoms with E-state index >= 15 is 0 Å². The van der Waals surface area contributed by atoms with Gasteiger partial charge in [0, 0.05) is 125 Å². The van der Waals surface area contributed by atoms with E-state index in [-0.39, 0.29) is 59.3 Å². The molecule has 20 rings (SSSR count). The van der Waals surface area contributed by atoms with Gasteiger partial charge in [-0.15, -0.1) is 0 Å². The summed E-state index contributed by atoms with van der Waals surface area (Å²) in [5.74, 6) is 0.0340. The van der Waals surface area contributed by atoms with Crippen LogP contribution in [0.3, 0.4) is 0 Å². The minimum absolute atomic E-state index is 0.0816. The quantitative estimate of drug-likeness (QED) is 0.0276. The zero-order valence-electron chi connectivity index (χ0n) is 74.9. The van der Waals surface area contributed by atoms with Gasteiger partial charge < -0.3 is 74.5 Å². The van der Waals surface area contributed by atoms with Crippen LogP contribution in [0.4, 0.5) is 40.3 Å². The van der Waals surface area contributed by atoms with Crippen molar-refractivity contribution in [2.24, 2.45) is 0 Å². The smallest absolute Gasteiger partial charge is 0.256 e. The highest BCUT2D eigenvalue weighted by atomic mass is 35.5. The largest absolute Gasteiger partial charge is 0.457 e. The van der Waals surface area contributed by atoms with Crippen LogP contribution in [-0.4, -0.2) is 183 Å². The Morgan fingerprint density at radius 2 is 0.781 bits per heavy atom. The first kappa shape index (κ1) is 95.1. The number of furan rings is 4. The lowest BCUT2D eigenvalue weighted by Crippen LogP contribution is -2.46. The van der Waals surface area contributed by atoms with E-state index in [1.54, 1.807) is 158 Å². The molecule has 0 aliphatic carbocycles. The number of halogens is 8. The number of rotatable bonds is 20. The molecule has 4 fully saturated rings. The lowest BCUT2D eigenvalue weighted by atomic mass is 10.0. The summed E-state index contributed by atoms with van der Waals surface area (Å²) < 4.78 is 78.5. The summed E-state index contributed by atoms with van der Waals surface area (Å²) in [4.78, 5) is 112. The summed E-state index contributed by atoms with van der Waals surface area (Å²) in [5, 5.41) is 21.4. The van der Waals surface area contributed by atoms with E-state index in [9.17, 15) is 55.9 Å². The summed E-state index contributed by atoms with van der Waals surface area (Å²) >= 11 is 25.3. The van der Waals surface area contributed by atoms with Gasteiger partial charge in [-0.05, 0) is 317 Å². The second-order valence-electron chi connectivity index (χ2n) is 34.5. The third-order valence-corrected chi connectivity index (χ3v) is 26.5. The third kappa shape index (κ3) is 22.1. The van der Waals surface area contributed by atoms with E-state index in [2.05, 4.69) is 63.7 Å². The van der Waals surface area contributed by atoms with Gasteiger partial charge in [-0.1, -0.05) is 53.3 Å². The van der Waals surface area contributed by atoms with Crippen LogP contribution < -0.4 is 37.2 Å². The van der Waals surface area contributed by atoms with Gasteiger partial charge in [-0.25, -0.2) is 17.6 Å². The maximum absolute atomic E-state index is 13.7. The molecule has 8 aliphatic heterocycles. The number of likely N-dealkylation sites (tertiary alicyclic amines) is 4. The van der Waals surface area contributed by atoms with Gasteiger partial charge in [0.05, 0.1) is 64.6 Å². The number of fused-ring (bicyclic) bond motifs is 4. The fourth-order valence-corrected chi connectivity index (χ4v) is 18.7. The molecule has 8 aliphatic rings. The minimum Gasteiger partial charge on any atom is -0.457 e. The summed E-state index contributed by atoms with van der Waals surface area (Å²) in [6.07, 6.45) is 13.8. The number of benzene rings is 8. The lowest BCUT2D eigenvalue weighted by molar-refractivity contribution is -0.111. The van der Waals surface area contributed by atoms with Gasteiger partial charge in [0.2, 0.25) is 0 Å². The fourth-order valence-electron chi connectivity index (χ4n) is 17.9. The lowest BCUT2D eigenvalue weighted by Gasteiger charge is -2.30. The average molecular weight is 1930 g/mol. The Morgan fingerprint density at radius 3 is 1.16 bits per heavy atom. The zero-order chi connectivity index (χ0) is 96.0. The number of carbonyl (C=O) groups is 8. The van der Waals surface area contributed by atoms with Crippen molar-refractivity contribution in [1.29, 1.82) is 0 Å². The van der Waals surface area contributed by atoms with E-state index in [0.717, 1.165) is 91.0 Å². The molecule has 137 heavy (non-hydrogen) atoms. The predicted octanol–water partition coefficient (Wildman–Crippen LogP) is 20.6. The Kier molecular flexibility index (Phi) is 29.1. The molecular formula is C105H94Cl4F4N12O12. The molecule has 3 atom stereocenters. The van der Waals surface area contributed by atoms with Crippen LogP contribution in [-0.2, 0) is 19.2 Å². The van der Waals surface area contributed by atoms with Gasteiger partial charge in [0.15, 0.2) is 0 Å². The van der Waals surface area contributed by atoms with Crippen LogP contribution >= 0.6 is 46.4 Å². The van der Waals surface area contributed by atoms with Crippen LogP contribution in [0.2, 0.25) is 20.1 Å². The summed E-state index contributed by atoms with van der Waals surface area (Å²) in [7, 11) is 5.89. The standard InChI is InChI=1S/C27H25ClFN3O3.3C26H23ClFN3O3/c1-2-32-11-3-4-18(32)15-30-26(33)22-12-16(5-8-23(22)28)25-10-7-19(35-25)14-21-20-13-17(29)6-9-24(20)31-27(21)34;1-30-10-9-17(14-30)31(2)26(33)21-11-15(3-6-22(21)27)24-8-5-18(34-24)13-20-19-12-16(28)4-7-23(19)29-25(20)32;1-31-10-2-3-17(14-31)29-26(33)21-11-15(4-7-22(21)27)24-9-6-18(34-24)13-20-19-12-16(28)5-8-23(19)30-25(20)32;27-22-6-3-16(13-21(22)25(32)29-9-12-31-10-1-2-11-31)24-8-5-18(34-24)15-20-19-14-17(28)4-7-23(19)30-26(20)33/h5-10,12-14,18H,2-4,11,15H2,1H3,(H,30,33)(H,31,34);3-8,11-13,17H,9-10,14H2,1-2H3,(H,29,32);4-9,11-13,17H,2-3,10,14H2,1H3,(H,29,33)(H,30,32);3-8,13-15H,1-2,9-12H2,(H,29,32)(H,30,33)/b21-14+;2*20-13+;20-15+. The van der Waals surface area contributed by atoms with Crippen molar-refractivity contribution in [1.82, 2.24) is 40.4 Å². The molecule has 0 saturated carbocycles. The number of nitrogens with zero attached hydrogens (tertiary/aromatic N) is 5. The molecule has 702 valence electrons. The van der Waals surface area contributed by atoms with Crippen molar-refractivity contribution in [3.8, 4) is 45.3 Å². The van der Waals surface area contributed by atoms with Crippen LogP contribution in [0.1, 0.15) is 139 Å². The Morgan fingerprint density at radius 1 is 0.416 bits per heavy atom. The first-order valence-electron chi connectivity index (χ1n) is 45.0. The second kappa shape index (κ2) is 41.9. The molecule has 8 amide bonds. The SMILES string of the molecule is CCN1CCCC1CNC(=O)c1cc(-c2ccc(/C=C3/C(=O)Nc4ccc(F)cc43)o2)ccc1Cl.CN1CCC(N(C)C(=O)c2cc(-c3ccc(/C=C4/C(=O)Nc5ccc(F)cc54)o3)ccc2Cl)C1.CN1CCCC(NC(=O)c2cc(-c3ccc(/C=C4/C(=O)Nc5ccc(F)cc54)o3)ccc2Cl)C1.O=C1Nc2ccc(F)cc2/C1=C\c1ccc(-c2ccc(Cl)c(C(=O)NCCN3CCCC3)c2)o1. The van der Waals surface area contributed by atoms with E-state index in [1.807, 2.05) is 14.1 Å². The molecule has 24 nitrogen and oxygen atoms in total.